The van der Waals surface area contributed by atoms with Crippen LogP contribution in [0, 0.1) is 5.92 Å². The standard InChI is InChI=1S/C21H30N4O3S/c1-29-13-19(26)23-17-7-8-18-15-9-14(11-25(18)20(17)27)10-24(12-15)21(28)22-16-5-3-2-4-6-16/h7-8,14-16H,2-6,9-13H2,1H3,(H,22,28)(H,23,26). The van der Waals surface area contributed by atoms with Gasteiger partial charge in [-0.1, -0.05) is 19.3 Å². The van der Waals surface area contributed by atoms with Gasteiger partial charge in [0.25, 0.3) is 5.56 Å². The van der Waals surface area contributed by atoms with E-state index in [0.29, 0.717) is 37.1 Å². The first-order valence-electron chi connectivity index (χ1n) is 10.6. The molecule has 1 saturated carbocycles. The Morgan fingerprint density at radius 1 is 1.14 bits per heavy atom. The maximum atomic E-state index is 12.9. The van der Waals surface area contributed by atoms with Crippen LogP contribution in [-0.4, -0.2) is 52.5 Å². The van der Waals surface area contributed by atoms with Crippen molar-refractivity contribution in [3.63, 3.8) is 0 Å². The Balaban J connectivity index is 1.47. The van der Waals surface area contributed by atoms with E-state index in [-0.39, 0.29) is 29.3 Å². The number of fused-ring (bicyclic) bond motifs is 4. The Kier molecular flexibility index (Phi) is 6.18. The molecule has 8 heteroatoms. The number of carbonyl (C=O) groups is 2. The highest BCUT2D eigenvalue weighted by molar-refractivity contribution is 7.99. The van der Waals surface area contributed by atoms with E-state index in [1.54, 1.807) is 6.07 Å². The van der Waals surface area contributed by atoms with Gasteiger partial charge in [0.1, 0.15) is 5.69 Å². The average Bonchev–Trinajstić information content (AvgIpc) is 2.71. The van der Waals surface area contributed by atoms with Crippen molar-refractivity contribution in [3.05, 3.63) is 28.2 Å². The van der Waals surface area contributed by atoms with Gasteiger partial charge in [-0.15, -0.1) is 0 Å². The van der Waals surface area contributed by atoms with Crippen molar-refractivity contribution in [2.24, 2.45) is 5.92 Å². The zero-order chi connectivity index (χ0) is 20.4. The maximum absolute atomic E-state index is 12.9. The van der Waals surface area contributed by atoms with E-state index in [1.165, 1.54) is 31.0 Å². The summed E-state index contributed by atoms with van der Waals surface area (Å²) in [7, 11) is 0. The summed E-state index contributed by atoms with van der Waals surface area (Å²) in [6.07, 6.45) is 8.68. The first kappa shape index (κ1) is 20.3. The highest BCUT2D eigenvalue weighted by atomic mass is 32.2. The average molecular weight is 419 g/mol. The van der Waals surface area contributed by atoms with Gasteiger partial charge < -0.3 is 20.1 Å². The van der Waals surface area contributed by atoms with Crippen molar-refractivity contribution < 1.29 is 9.59 Å². The van der Waals surface area contributed by atoms with E-state index in [9.17, 15) is 14.4 Å². The summed E-state index contributed by atoms with van der Waals surface area (Å²) >= 11 is 1.43. The molecule has 158 valence electrons. The van der Waals surface area contributed by atoms with Crippen LogP contribution in [0.3, 0.4) is 0 Å². The number of nitrogens with zero attached hydrogens (tertiary/aromatic N) is 2. The minimum Gasteiger partial charge on any atom is -0.335 e. The third-order valence-corrected chi connectivity index (χ3v) is 6.92. The summed E-state index contributed by atoms with van der Waals surface area (Å²) in [6, 6.07) is 4.01. The van der Waals surface area contributed by atoms with Crippen molar-refractivity contribution in [3.8, 4) is 0 Å². The van der Waals surface area contributed by atoms with Gasteiger partial charge in [0.15, 0.2) is 0 Å². The second-order valence-electron chi connectivity index (χ2n) is 8.56. The summed E-state index contributed by atoms with van der Waals surface area (Å²) in [5.41, 5.74) is 1.19. The summed E-state index contributed by atoms with van der Waals surface area (Å²) in [6.45, 7) is 1.93. The Labute approximate surface area is 175 Å². The SMILES string of the molecule is CSCC(=O)Nc1ccc2n(c1=O)CC1CC2CN(C(=O)NC2CCCCC2)C1. The molecule has 4 rings (SSSR count). The number of hydrogen-bond donors (Lipinski definition) is 2. The van der Waals surface area contributed by atoms with Crippen LogP contribution in [0.15, 0.2) is 16.9 Å². The van der Waals surface area contributed by atoms with Gasteiger partial charge >= 0.3 is 6.03 Å². The van der Waals surface area contributed by atoms with Crippen molar-refractivity contribution in [2.45, 2.75) is 57.0 Å². The van der Waals surface area contributed by atoms with Crippen molar-refractivity contribution in [2.75, 3.05) is 30.4 Å². The Morgan fingerprint density at radius 3 is 2.69 bits per heavy atom. The monoisotopic (exact) mass is 418 g/mol. The number of piperidine rings is 1. The third-order valence-electron chi connectivity index (χ3n) is 6.37. The fourth-order valence-corrected chi connectivity index (χ4v) is 5.37. The highest BCUT2D eigenvalue weighted by Gasteiger charge is 2.37. The fourth-order valence-electron chi connectivity index (χ4n) is 5.04. The Bertz CT molecular complexity index is 834. The zero-order valence-corrected chi connectivity index (χ0v) is 17.8. The van der Waals surface area contributed by atoms with E-state index in [4.69, 9.17) is 0 Å². The van der Waals surface area contributed by atoms with Crippen molar-refractivity contribution in [1.29, 1.82) is 0 Å². The van der Waals surface area contributed by atoms with Crippen LogP contribution in [0.1, 0.15) is 50.1 Å². The van der Waals surface area contributed by atoms with Gasteiger partial charge in [-0.05, 0) is 43.6 Å². The molecule has 2 aliphatic heterocycles. The lowest BCUT2D eigenvalue weighted by atomic mass is 9.83. The third kappa shape index (κ3) is 4.47. The van der Waals surface area contributed by atoms with E-state index in [0.717, 1.165) is 25.0 Å². The molecule has 3 heterocycles. The number of nitrogens with one attached hydrogen (secondary N) is 2. The minimum absolute atomic E-state index is 0.0448. The van der Waals surface area contributed by atoms with Crippen LogP contribution in [0.4, 0.5) is 10.5 Å². The van der Waals surface area contributed by atoms with Gasteiger partial charge in [-0.2, -0.15) is 11.8 Å². The highest BCUT2D eigenvalue weighted by Crippen LogP contribution is 2.35. The smallest absolute Gasteiger partial charge is 0.317 e. The van der Waals surface area contributed by atoms with Crippen molar-refractivity contribution in [1.82, 2.24) is 14.8 Å². The first-order valence-corrected chi connectivity index (χ1v) is 12.0. The molecule has 1 saturated heterocycles. The normalized spacial score (nSPS) is 24.0. The number of rotatable bonds is 4. The Morgan fingerprint density at radius 2 is 1.93 bits per heavy atom. The summed E-state index contributed by atoms with van der Waals surface area (Å²) < 4.78 is 1.81. The van der Waals surface area contributed by atoms with E-state index in [2.05, 4.69) is 10.6 Å². The van der Waals surface area contributed by atoms with Gasteiger partial charge in [0.05, 0.1) is 5.75 Å². The lowest BCUT2D eigenvalue weighted by Crippen LogP contribution is -2.53. The number of carbonyl (C=O) groups excluding carboxylic acids is 2. The first-order chi connectivity index (χ1) is 14.0. The minimum atomic E-state index is -0.156. The number of hydrogen-bond acceptors (Lipinski definition) is 4. The molecule has 2 N–H and O–H groups in total. The molecule has 3 amide bonds. The fraction of sp³-hybridized carbons (Fsp3) is 0.667. The molecular formula is C21H30N4O3S. The predicted octanol–water partition coefficient (Wildman–Crippen LogP) is 2.61. The molecule has 29 heavy (non-hydrogen) atoms. The van der Waals surface area contributed by atoms with Crippen molar-refractivity contribution >= 4 is 29.4 Å². The van der Waals surface area contributed by atoms with Gasteiger partial charge in [0.2, 0.25) is 5.91 Å². The molecule has 2 atom stereocenters. The molecule has 1 aromatic rings. The largest absolute Gasteiger partial charge is 0.335 e. The number of amides is 3. The van der Waals surface area contributed by atoms with Gasteiger partial charge in [-0.3, -0.25) is 9.59 Å². The Hall–Kier alpha value is -1.96. The van der Waals surface area contributed by atoms with E-state index >= 15 is 0 Å². The summed E-state index contributed by atoms with van der Waals surface area (Å²) in [5, 5.41) is 5.96. The van der Waals surface area contributed by atoms with Crippen LogP contribution in [0.5, 0.6) is 0 Å². The van der Waals surface area contributed by atoms with Crippen LogP contribution in [0.2, 0.25) is 0 Å². The molecule has 1 aromatic heterocycles. The number of urea groups is 1. The van der Waals surface area contributed by atoms with Crippen LogP contribution < -0.4 is 16.2 Å². The number of anilines is 1. The lowest BCUT2D eigenvalue weighted by Gasteiger charge is -2.43. The molecule has 3 aliphatic rings. The molecule has 2 bridgehead atoms. The molecular weight excluding hydrogens is 388 g/mol. The van der Waals surface area contributed by atoms with Crippen LogP contribution in [0.25, 0.3) is 0 Å². The zero-order valence-electron chi connectivity index (χ0n) is 17.0. The predicted molar refractivity (Wildman–Crippen MR) is 116 cm³/mol. The number of thioether (sulfide) groups is 1. The van der Waals surface area contributed by atoms with E-state index < -0.39 is 0 Å². The second kappa shape index (κ2) is 8.81. The molecule has 0 aromatic carbocycles. The maximum Gasteiger partial charge on any atom is 0.317 e. The molecule has 2 unspecified atom stereocenters. The van der Waals surface area contributed by atoms with Gasteiger partial charge in [-0.25, -0.2) is 4.79 Å². The molecule has 0 radical (unpaired) electrons. The number of likely N-dealkylation sites (tertiary alicyclic amines) is 1. The number of aromatic nitrogens is 1. The molecule has 0 spiro atoms. The summed E-state index contributed by atoms with van der Waals surface area (Å²) in [4.78, 5) is 39.5. The van der Waals surface area contributed by atoms with Crippen LogP contribution in [-0.2, 0) is 11.3 Å². The topological polar surface area (TPSA) is 83.4 Å². The summed E-state index contributed by atoms with van der Waals surface area (Å²) in [5.74, 6) is 0.616. The molecule has 1 aliphatic carbocycles. The van der Waals surface area contributed by atoms with E-state index in [1.807, 2.05) is 21.8 Å². The van der Waals surface area contributed by atoms with Gasteiger partial charge in [0, 0.05) is 37.3 Å². The molecule has 7 nitrogen and oxygen atoms in total. The second-order valence-corrected chi connectivity index (χ2v) is 9.42. The molecule has 2 fully saturated rings. The lowest BCUT2D eigenvalue weighted by molar-refractivity contribution is -0.113. The number of pyridine rings is 1. The quantitative estimate of drug-likeness (QED) is 0.787. The van der Waals surface area contributed by atoms with Crippen LogP contribution >= 0.6 is 11.8 Å².